The second-order valence-corrected chi connectivity index (χ2v) is 15.7. The van der Waals surface area contributed by atoms with Gasteiger partial charge in [-0.1, -0.05) is 157 Å². The van der Waals surface area contributed by atoms with Crippen LogP contribution in [0.4, 0.5) is 11.4 Å². The van der Waals surface area contributed by atoms with E-state index >= 15 is 0 Å². The topological polar surface area (TPSA) is 13.6 Å². The zero-order valence-electron chi connectivity index (χ0n) is 26.1. The lowest BCUT2D eigenvalue weighted by Gasteiger charge is -2.35. The van der Waals surface area contributed by atoms with E-state index in [9.17, 15) is 0 Å². The van der Waals surface area contributed by atoms with Crippen molar-refractivity contribution >= 4 is 62.0 Å². The molecule has 0 saturated heterocycles. The first-order valence-electron chi connectivity index (χ1n) is 15.9. The summed E-state index contributed by atoms with van der Waals surface area (Å²) in [5.74, 6) is 0. The van der Waals surface area contributed by atoms with Crippen molar-refractivity contribution in [2.75, 3.05) is 0 Å². The van der Waals surface area contributed by atoms with Gasteiger partial charge in [-0.2, -0.15) is 0 Å². The summed E-state index contributed by atoms with van der Waals surface area (Å²) in [7, 11) is -2.82. The quantitative estimate of drug-likeness (QED) is 0.0993. The molecule has 0 N–H and O–H groups in total. The van der Waals surface area contributed by atoms with Crippen LogP contribution in [0, 0.1) is 13.1 Å². The SMILES string of the molecule is [C-]#[N+]c1cc([Si](c2ccccc2)(c2ccccc2)c2ccccc2)ccc1-c1cc(-n2c3ccccc3c3ccccc32)ccc1[N+]#[C-]. The molecule has 1 heterocycles. The zero-order chi connectivity index (χ0) is 32.5. The van der Waals surface area contributed by atoms with Crippen molar-refractivity contribution in [3.05, 3.63) is 199 Å². The minimum absolute atomic E-state index is 0.523. The van der Waals surface area contributed by atoms with Gasteiger partial charge < -0.3 is 4.57 Å². The zero-order valence-corrected chi connectivity index (χ0v) is 27.1. The second kappa shape index (κ2) is 12.0. The van der Waals surface area contributed by atoms with Crippen LogP contribution < -0.4 is 20.7 Å². The van der Waals surface area contributed by atoms with Gasteiger partial charge in [0.1, 0.15) is 0 Å². The predicted octanol–water partition coefficient (Wildman–Crippen LogP) is 8.93. The van der Waals surface area contributed by atoms with E-state index in [0.29, 0.717) is 11.4 Å². The fourth-order valence-corrected chi connectivity index (χ4v) is 12.1. The molecule has 1 aromatic heterocycles. The summed E-state index contributed by atoms with van der Waals surface area (Å²) < 4.78 is 2.26. The highest BCUT2D eigenvalue weighted by molar-refractivity contribution is 7.19. The number of hydrogen-bond acceptors (Lipinski definition) is 0. The third-order valence-electron chi connectivity index (χ3n) is 9.40. The van der Waals surface area contributed by atoms with Gasteiger partial charge in [0.2, 0.25) is 0 Å². The second-order valence-electron chi connectivity index (χ2n) is 11.9. The predicted molar refractivity (Wildman–Crippen MR) is 202 cm³/mol. The molecule has 8 aromatic rings. The van der Waals surface area contributed by atoms with E-state index in [1.165, 1.54) is 26.3 Å². The number of aromatic nitrogens is 1. The summed E-state index contributed by atoms with van der Waals surface area (Å²) in [5.41, 5.74) is 5.74. The van der Waals surface area contributed by atoms with E-state index in [-0.39, 0.29) is 0 Å². The number of hydrogen-bond donors (Lipinski definition) is 0. The van der Waals surface area contributed by atoms with E-state index in [1.807, 2.05) is 12.1 Å². The Balaban J connectivity index is 1.37. The number of rotatable bonds is 6. The van der Waals surface area contributed by atoms with Crippen molar-refractivity contribution in [1.82, 2.24) is 4.57 Å². The van der Waals surface area contributed by atoms with Crippen LogP contribution in [0.3, 0.4) is 0 Å². The smallest absolute Gasteiger partial charge is 0.193 e. The average molecular weight is 628 g/mol. The lowest BCUT2D eigenvalue weighted by atomic mass is 10.0. The highest BCUT2D eigenvalue weighted by atomic mass is 28.3. The summed E-state index contributed by atoms with van der Waals surface area (Å²) in [6, 6.07) is 61.3. The lowest BCUT2D eigenvalue weighted by molar-refractivity contribution is 1.18. The molecule has 0 aliphatic carbocycles. The Morgan fingerprint density at radius 3 is 1.38 bits per heavy atom. The number of benzene rings is 7. The summed E-state index contributed by atoms with van der Waals surface area (Å²) in [4.78, 5) is 8.06. The molecular weight excluding hydrogens is 599 g/mol. The Kier molecular flexibility index (Phi) is 7.27. The van der Waals surface area contributed by atoms with Gasteiger partial charge in [0.25, 0.3) is 0 Å². The molecule has 0 atom stereocenters. The van der Waals surface area contributed by atoms with Gasteiger partial charge in [-0.15, -0.1) is 0 Å². The van der Waals surface area contributed by atoms with Crippen LogP contribution in [-0.4, -0.2) is 12.6 Å². The van der Waals surface area contributed by atoms with Crippen molar-refractivity contribution in [2.24, 2.45) is 0 Å². The van der Waals surface area contributed by atoms with E-state index in [4.69, 9.17) is 13.1 Å². The van der Waals surface area contributed by atoms with Crippen molar-refractivity contribution in [2.45, 2.75) is 0 Å². The molecule has 0 saturated carbocycles. The average Bonchev–Trinajstić information content (AvgIpc) is 3.50. The monoisotopic (exact) mass is 627 g/mol. The van der Waals surface area contributed by atoms with Crippen LogP contribution in [0.5, 0.6) is 0 Å². The van der Waals surface area contributed by atoms with Crippen LogP contribution in [0.2, 0.25) is 0 Å². The molecular formula is C44H29N3Si. The van der Waals surface area contributed by atoms with Crippen LogP contribution in [0.1, 0.15) is 0 Å². The fourth-order valence-electron chi connectivity index (χ4n) is 7.33. The molecule has 7 aromatic carbocycles. The van der Waals surface area contributed by atoms with Gasteiger partial charge in [0.05, 0.1) is 24.2 Å². The Morgan fingerprint density at radius 2 is 0.875 bits per heavy atom. The summed E-state index contributed by atoms with van der Waals surface area (Å²) >= 11 is 0. The van der Waals surface area contributed by atoms with Gasteiger partial charge in [-0.3, -0.25) is 0 Å². The molecule has 3 nitrogen and oxygen atoms in total. The Hall–Kier alpha value is -6.46. The molecule has 0 radical (unpaired) electrons. The minimum Gasteiger partial charge on any atom is -0.309 e. The maximum atomic E-state index is 8.44. The van der Waals surface area contributed by atoms with Gasteiger partial charge in [0, 0.05) is 16.5 Å². The van der Waals surface area contributed by atoms with E-state index < -0.39 is 8.07 Å². The van der Waals surface area contributed by atoms with E-state index in [2.05, 4.69) is 178 Å². The highest BCUT2D eigenvalue weighted by Gasteiger charge is 2.41. The summed E-state index contributed by atoms with van der Waals surface area (Å²) in [6.45, 7) is 16.5. The van der Waals surface area contributed by atoms with E-state index in [0.717, 1.165) is 33.0 Å². The first-order valence-corrected chi connectivity index (χ1v) is 17.9. The van der Waals surface area contributed by atoms with Crippen molar-refractivity contribution in [3.63, 3.8) is 0 Å². The lowest BCUT2D eigenvalue weighted by Crippen LogP contribution is -2.74. The molecule has 0 aliphatic rings. The van der Waals surface area contributed by atoms with Crippen LogP contribution in [0.15, 0.2) is 176 Å². The third kappa shape index (κ3) is 4.55. The fraction of sp³-hybridized carbons (Fsp3) is 0. The van der Waals surface area contributed by atoms with Crippen molar-refractivity contribution < 1.29 is 0 Å². The number of para-hydroxylation sites is 2. The van der Waals surface area contributed by atoms with E-state index in [1.54, 1.807) is 0 Å². The van der Waals surface area contributed by atoms with Crippen LogP contribution in [-0.2, 0) is 0 Å². The van der Waals surface area contributed by atoms with Crippen LogP contribution >= 0.6 is 0 Å². The Bertz CT molecular complexity index is 2370. The van der Waals surface area contributed by atoms with Crippen molar-refractivity contribution in [1.29, 1.82) is 0 Å². The standard InChI is InChI=1S/C44H29N3Si/c1-45-41-29-26-32(47-43-24-14-12-22-38(43)39-23-13-15-25-44(39)47)30-40(41)37-28-27-36(31-42(37)46-2)48(33-16-6-3-7-17-33,34-18-8-4-9-19-34)35-20-10-5-11-21-35/h3-31H. The molecule has 8 rings (SSSR count). The molecule has 0 fully saturated rings. The first kappa shape index (κ1) is 29.0. The molecule has 48 heavy (non-hydrogen) atoms. The van der Waals surface area contributed by atoms with Gasteiger partial charge >= 0.3 is 0 Å². The molecule has 0 aliphatic heterocycles. The van der Waals surface area contributed by atoms with Gasteiger partial charge in [0.15, 0.2) is 19.4 Å². The van der Waals surface area contributed by atoms with Gasteiger partial charge in [-0.05, 0) is 51.0 Å². The van der Waals surface area contributed by atoms with Gasteiger partial charge in [-0.25, -0.2) is 9.69 Å². The first-order chi connectivity index (χ1) is 23.7. The number of nitrogens with zero attached hydrogens (tertiary/aromatic N) is 3. The molecule has 0 unspecified atom stereocenters. The molecule has 0 amide bonds. The maximum absolute atomic E-state index is 8.44. The summed E-state index contributed by atoms with van der Waals surface area (Å²) in [6.07, 6.45) is 0. The number of fused-ring (bicyclic) bond motifs is 3. The highest BCUT2D eigenvalue weighted by Crippen LogP contribution is 2.40. The minimum atomic E-state index is -2.82. The largest absolute Gasteiger partial charge is 0.309 e. The van der Waals surface area contributed by atoms with Crippen LogP contribution in [0.25, 0.3) is 48.3 Å². The maximum Gasteiger partial charge on any atom is 0.193 e. The molecule has 4 heteroatoms. The molecule has 224 valence electrons. The molecule has 0 spiro atoms. The Labute approximate surface area is 281 Å². The summed E-state index contributed by atoms with van der Waals surface area (Å²) in [5, 5.41) is 7.24. The third-order valence-corrected chi connectivity index (χ3v) is 14.2. The Morgan fingerprint density at radius 1 is 0.396 bits per heavy atom. The van der Waals surface area contributed by atoms with Crippen molar-refractivity contribution in [3.8, 4) is 16.8 Å². The normalized spacial score (nSPS) is 11.3. The molecule has 0 bridgehead atoms.